The quantitative estimate of drug-likeness (QED) is 0.221. The van der Waals surface area contributed by atoms with Crippen molar-refractivity contribution in [1.82, 2.24) is 0 Å². The monoisotopic (exact) mass is 580 g/mol. The number of anilines is 2. The van der Waals surface area contributed by atoms with Crippen molar-refractivity contribution in [3.63, 3.8) is 0 Å². The number of nitrogens with one attached hydrogen (secondary N) is 2. The van der Waals surface area contributed by atoms with Gasteiger partial charge in [-0.15, -0.1) is 0 Å². The molecule has 0 atom stereocenters. The number of hydrogen-bond donors (Lipinski definition) is 2. The Morgan fingerprint density at radius 2 is 0.925 bits per heavy atom. The van der Waals surface area contributed by atoms with E-state index < -0.39 is 26.3 Å². The lowest BCUT2D eigenvalue weighted by Gasteiger charge is -2.15. The topological polar surface area (TPSA) is 128 Å². The molecule has 0 saturated heterocycles. The number of aryl methyl sites for hydroxylation is 2. The lowest BCUT2D eigenvalue weighted by atomic mass is 10.2. The highest BCUT2D eigenvalue weighted by molar-refractivity contribution is 7.87. The highest BCUT2D eigenvalue weighted by atomic mass is 32.2. The lowest BCUT2D eigenvalue weighted by Crippen LogP contribution is -2.21. The minimum Gasteiger partial charge on any atom is -0.377 e. The molecule has 40 heavy (non-hydrogen) atoms. The summed E-state index contributed by atoms with van der Waals surface area (Å²) in [6, 6.07) is 23.9. The Morgan fingerprint density at radius 3 is 1.27 bits per heavy atom. The van der Waals surface area contributed by atoms with Crippen LogP contribution in [0.4, 0.5) is 16.2 Å². The Morgan fingerprint density at radius 1 is 0.575 bits per heavy atom. The zero-order valence-electron chi connectivity index (χ0n) is 21.8. The van der Waals surface area contributed by atoms with Gasteiger partial charge in [-0.3, -0.25) is 0 Å². The summed E-state index contributed by atoms with van der Waals surface area (Å²) in [6.07, 6.45) is 1.52. The van der Waals surface area contributed by atoms with Crippen molar-refractivity contribution in [2.24, 2.45) is 0 Å². The van der Waals surface area contributed by atoms with Gasteiger partial charge in [-0.1, -0.05) is 62.4 Å². The molecule has 0 aliphatic carbocycles. The van der Waals surface area contributed by atoms with Gasteiger partial charge in [-0.2, -0.15) is 16.8 Å². The standard InChI is InChI=1S/C29H28N2O7S2/c1-3-21-13-17-23(18-14-21)39(33,34)37-27-11-7-5-9-25(27)30-29(32)31-26-10-6-8-12-28(26)38-40(35,36)24-19-15-22(4-2)16-20-24/h5-20H,3-4H2,1-2H3,(H2,30,31,32). The molecule has 0 spiro atoms. The van der Waals surface area contributed by atoms with Crippen LogP contribution < -0.4 is 19.0 Å². The summed E-state index contributed by atoms with van der Waals surface area (Å²) >= 11 is 0. The number of carbonyl (C=O) groups excluding carboxylic acids is 1. The number of amides is 2. The highest BCUT2D eigenvalue weighted by Crippen LogP contribution is 2.30. The van der Waals surface area contributed by atoms with E-state index in [1.807, 2.05) is 13.8 Å². The maximum absolute atomic E-state index is 12.9. The van der Waals surface area contributed by atoms with Crippen LogP contribution in [-0.2, 0) is 33.1 Å². The Hall–Kier alpha value is -4.35. The van der Waals surface area contributed by atoms with Crippen molar-refractivity contribution >= 4 is 37.6 Å². The molecule has 0 radical (unpaired) electrons. The molecule has 208 valence electrons. The fraction of sp³-hybridized carbons (Fsp3) is 0.138. The van der Waals surface area contributed by atoms with E-state index in [0.29, 0.717) is 0 Å². The molecule has 4 aromatic rings. The van der Waals surface area contributed by atoms with Crippen LogP contribution in [0.15, 0.2) is 107 Å². The fourth-order valence-electron chi connectivity index (χ4n) is 3.68. The third kappa shape index (κ3) is 6.99. The first-order valence-corrected chi connectivity index (χ1v) is 15.3. The second-order valence-electron chi connectivity index (χ2n) is 8.64. The molecular formula is C29H28N2O7S2. The van der Waals surface area contributed by atoms with Gasteiger partial charge in [0.05, 0.1) is 11.4 Å². The van der Waals surface area contributed by atoms with Crippen molar-refractivity contribution in [2.75, 3.05) is 10.6 Å². The summed E-state index contributed by atoms with van der Waals surface area (Å²) in [5.41, 5.74) is 2.11. The average molecular weight is 581 g/mol. The molecule has 0 heterocycles. The van der Waals surface area contributed by atoms with E-state index in [1.54, 1.807) is 48.5 Å². The molecule has 4 aromatic carbocycles. The first kappa shape index (κ1) is 28.7. The Bertz CT molecular complexity index is 1580. The summed E-state index contributed by atoms with van der Waals surface area (Å²) < 4.78 is 62.0. The minimum absolute atomic E-state index is 0.0272. The van der Waals surface area contributed by atoms with Gasteiger partial charge in [0.25, 0.3) is 0 Å². The number of hydrogen-bond acceptors (Lipinski definition) is 7. The van der Waals surface area contributed by atoms with Crippen LogP contribution in [0.3, 0.4) is 0 Å². The molecule has 0 aliphatic heterocycles. The lowest BCUT2D eigenvalue weighted by molar-refractivity contribution is 0.262. The van der Waals surface area contributed by atoms with E-state index >= 15 is 0 Å². The molecule has 0 unspecified atom stereocenters. The normalized spacial score (nSPS) is 11.4. The van der Waals surface area contributed by atoms with Gasteiger partial charge in [0.15, 0.2) is 11.5 Å². The third-order valence-electron chi connectivity index (χ3n) is 5.91. The first-order valence-electron chi connectivity index (χ1n) is 12.4. The zero-order chi connectivity index (χ0) is 28.8. The van der Waals surface area contributed by atoms with Crippen molar-refractivity contribution in [3.05, 3.63) is 108 Å². The second-order valence-corrected chi connectivity index (χ2v) is 11.7. The smallest absolute Gasteiger partial charge is 0.339 e. The summed E-state index contributed by atoms with van der Waals surface area (Å²) in [6.45, 7) is 3.92. The highest BCUT2D eigenvalue weighted by Gasteiger charge is 2.21. The predicted molar refractivity (Wildman–Crippen MR) is 153 cm³/mol. The summed E-state index contributed by atoms with van der Waals surface area (Å²) in [5, 5.41) is 5.08. The van der Waals surface area contributed by atoms with E-state index in [0.717, 1.165) is 24.0 Å². The van der Waals surface area contributed by atoms with E-state index in [9.17, 15) is 21.6 Å². The van der Waals surface area contributed by atoms with Gasteiger partial charge in [-0.25, -0.2) is 4.79 Å². The van der Waals surface area contributed by atoms with Gasteiger partial charge in [0.1, 0.15) is 9.79 Å². The molecule has 2 N–H and O–H groups in total. The van der Waals surface area contributed by atoms with Crippen LogP contribution in [-0.4, -0.2) is 22.9 Å². The van der Waals surface area contributed by atoms with Crippen molar-refractivity contribution in [3.8, 4) is 11.5 Å². The van der Waals surface area contributed by atoms with Crippen LogP contribution in [0.25, 0.3) is 0 Å². The number of urea groups is 1. The maximum atomic E-state index is 12.9. The van der Waals surface area contributed by atoms with E-state index in [4.69, 9.17) is 8.37 Å². The Kier molecular flexibility index (Phi) is 8.76. The molecule has 2 amide bonds. The first-order chi connectivity index (χ1) is 19.1. The van der Waals surface area contributed by atoms with Crippen molar-refractivity contribution in [1.29, 1.82) is 0 Å². The number of rotatable bonds is 10. The fourth-order valence-corrected chi connectivity index (χ4v) is 5.57. The van der Waals surface area contributed by atoms with Gasteiger partial charge < -0.3 is 19.0 Å². The van der Waals surface area contributed by atoms with Crippen LogP contribution >= 0.6 is 0 Å². The van der Waals surface area contributed by atoms with E-state index in [-0.39, 0.29) is 32.7 Å². The SMILES string of the molecule is CCc1ccc(S(=O)(=O)Oc2ccccc2NC(=O)Nc2ccccc2OS(=O)(=O)c2ccc(CC)cc2)cc1. The molecule has 11 heteroatoms. The van der Waals surface area contributed by atoms with Gasteiger partial charge >= 0.3 is 26.3 Å². The largest absolute Gasteiger partial charge is 0.377 e. The third-order valence-corrected chi connectivity index (χ3v) is 8.41. The van der Waals surface area contributed by atoms with Crippen LogP contribution in [0, 0.1) is 0 Å². The predicted octanol–water partition coefficient (Wildman–Crippen LogP) is 5.99. The van der Waals surface area contributed by atoms with Crippen molar-refractivity contribution < 1.29 is 30.0 Å². The van der Waals surface area contributed by atoms with Gasteiger partial charge in [0, 0.05) is 0 Å². The molecule has 4 rings (SSSR count). The van der Waals surface area contributed by atoms with Crippen LogP contribution in [0.5, 0.6) is 11.5 Å². The molecule has 0 saturated carbocycles. The zero-order valence-corrected chi connectivity index (χ0v) is 23.5. The molecule has 0 bridgehead atoms. The Balaban J connectivity index is 1.49. The van der Waals surface area contributed by atoms with E-state index in [1.165, 1.54) is 48.5 Å². The maximum Gasteiger partial charge on any atom is 0.339 e. The van der Waals surface area contributed by atoms with Gasteiger partial charge in [-0.05, 0) is 72.5 Å². The van der Waals surface area contributed by atoms with Crippen LogP contribution in [0.2, 0.25) is 0 Å². The number of para-hydroxylation sites is 4. The van der Waals surface area contributed by atoms with Gasteiger partial charge in [0.2, 0.25) is 0 Å². The molecule has 0 aliphatic rings. The summed E-state index contributed by atoms with van der Waals surface area (Å²) in [4.78, 5) is 12.8. The molecular weight excluding hydrogens is 552 g/mol. The van der Waals surface area contributed by atoms with Crippen molar-refractivity contribution in [2.45, 2.75) is 36.5 Å². The second kappa shape index (κ2) is 12.2. The molecule has 0 fully saturated rings. The molecule has 0 aromatic heterocycles. The van der Waals surface area contributed by atoms with Crippen LogP contribution in [0.1, 0.15) is 25.0 Å². The summed E-state index contributed by atoms with van der Waals surface area (Å²) in [7, 11) is -8.34. The van der Waals surface area contributed by atoms with E-state index in [2.05, 4.69) is 10.6 Å². The minimum atomic E-state index is -4.17. The summed E-state index contributed by atoms with van der Waals surface area (Å²) in [5.74, 6) is -0.195. The average Bonchev–Trinajstić information content (AvgIpc) is 2.95. The number of benzene rings is 4. The Labute approximate surface area is 234 Å². The molecule has 9 nitrogen and oxygen atoms in total. The number of carbonyl (C=O) groups is 1.